The lowest BCUT2D eigenvalue weighted by Gasteiger charge is -2.27. The Labute approximate surface area is 131 Å². The molecule has 0 saturated heterocycles. The highest BCUT2D eigenvalue weighted by Gasteiger charge is 2.43. The van der Waals surface area contributed by atoms with Crippen LogP contribution in [0.1, 0.15) is 47.6 Å². The highest BCUT2D eigenvalue weighted by atomic mass is 35.5. The maximum absolute atomic E-state index is 6.35. The van der Waals surface area contributed by atoms with Gasteiger partial charge in [-0.3, -0.25) is 0 Å². The molecule has 2 heteroatoms. The van der Waals surface area contributed by atoms with Crippen molar-refractivity contribution in [2.75, 3.05) is 0 Å². The summed E-state index contributed by atoms with van der Waals surface area (Å²) in [7, 11) is 0. The van der Waals surface area contributed by atoms with Crippen LogP contribution in [0.3, 0.4) is 0 Å². The van der Waals surface area contributed by atoms with Crippen LogP contribution in [0.4, 0.5) is 0 Å². The molecule has 0 spiro atoms. The van der Waals surface area contributed by atoms with Gasteiger partial charge in [0, 0.05) is 10.6 Å². The molecule has 0 aromatic heterocycles. The second-order valence-electron chi connectivity index (χ2n) is 6.57. The van der Waals surface area contributed by atoms with E-state index in [1.165, 1.54) is 27.8 Å². The minimum atomic E-state index is -0.251. The van der Waals surface area contributed by atoms with Crippen LogP contribution < -0.4 is 4.74 Å². The number of hydrogen-bond donors (Lipinski definition) is 0. The quantitative estimate of drug-likeness (QED) is 0.669. The number of rotatable bonds is 1. The molecule has 2 aromatic carbocycles. The Kier molecular flexibility index (Phi) is 3.29. The second kappa shape index (κ2) is 4.78. The molecular formula is C19H21ClO. The normalized spacial score (nSPS) is 19.2. The summed E-state index contributed by atoms with van der Waals surface area (Å²) in [4.78, 5) is 0. The van der Waals surface area contributed by atoms with Gasteiger partial charge in [-0.15, -0.1) is 0 Å². The summed E-state index contributed by atoms with van der Waals surface area (Å²) >= 11 is 6.04. The average molecular weight is 301 g/mol. The van der Waals surface area contributed by atoms with Gasteiger partial charge in [0.05, 0.1) is 5.92 Å². The first-order valence-corrected chi connectivity index (χ1v) is 7.74. The van der Waals surface area contributed by atoms with Crippen molar-refractivity contribution in [2.45, 2.75) is 46.1 Å². The maximum atomic E-state index is 6.35. The Morgan fingerprint density at radius 2 is 1.62 bits per heavy atom. The van der Waals surface area contributed by atoms with Crippen molar-refractivity contribution in [1.82, 2.24) is 0 Å². The van der Waals surface area contributed by atoms with E-state index >= 15 is 0 Å². The molecule has 1 atom stereocenters. The Morgan fingerprint density at radius 1 is 1.00 bits per heavy atom. The molecule has 1 nitrogen and oxygen atoms in total. The highest BCUT2D eigenvalue weighted by molar-refractivity contribution is 6.30. The molecule has 1 aliphatic heterocycles. The Hall–Kier alpha value is -1.47. The fourth-order valence-corrected chi connectivity index (χ4v) is 3.58. The first-order chi connectivity index (χ1) is 9.81. The third kappa shape index (κ3) is 2.24. The number of ether oxygens (including phenoxy) is 1. The van der Waals surface area contributed by atoms with E-state index in [1.807, 2.05) is 12.1 Å². The first-order valence-electron chi connectivity index (χ1n) is 7.36. The van der Waals surface area contributed by atoms with Crippen LogP contribution in [-0.2, 0) is 0 Å². The fraction of sp³-hybridized carbons (Fsp3) is 0.368. The monoisotopic (exact) mass is 300 g/mol. The van der Waals surface area contributed by atoms with Gasteiger partial charge in [-0.25, -0.2) is 0 Å². The van der Waals surface area contributed by atoms with Crippen LogP contribution >= 0.6 is 11.6 Å². The minimum absolute atomic E-state index is 0.240. The predicted molar refractivity (Wildman–Crippen MR) is 88.7 cm³/mol. The summed E-state index contributed by atoms with van der Waals surface area (Å²) in [6.45, 7) is 10.8. The zero-order valence-electron chi connectivity index (χ0n) is 13.3. The molecule has 0 amide bonds. The summed E-state index contributed by atoms with van der Waals surface area (Å²) in [5.41, 5.74) is 6.18. The zero-order chi connectivity index (χ0) is 15.4. The van der Waals surface area contributed by atoms with Gasteiger partial charge in [0.2, 0.25) is 0 Å². The standard InChI is InChI=1S/C19H21ClO/c1-11-10-12(2)16-17(14-6-8-15(20)9-7-14)19(4,5)21-18(16)13(11)3/h6-10,17H,1-5H3. The molecule has 1 heterocycles. The molecular weight excluding hydrogens is 280 g/mol. The summed E-state index contributed by atoms with van der Waals surface area (Å²) in [5, 5.41) is 0.771. The van der Waals surface area contributed by atoms with Crippen LogP contribution in [-0.4, -0.2) is 5.60 Å². The fourth-order valence-electron chi connectivity index (χ4n) is 3.45. The largest absolute Gasteiger partial charge is 0.486 e. The van der Waals surface area contributed by atoms with Crippen LogP contribution in [0.15, 0.2) is 30.3 Å². The molecule has 0 bridgehead atoms. The van der Waals surface area contributed by atoms with Gasteiger partial charge >= 0.3 is 0 Å². The summed E-state index contributed by atoms with van der Waals surface area (Å²) in [6.07, 6.45) is 0. The van der Waals surface area contributed by atoms with Crippen LogP contribution in [0.25, 0.3) is 0 Å². The zero-order valence-corrected chi connectivity index (χ0v) is 14.0. The molecule has 0 saturated carbocycles. The molecule has 0 aliphatic carbocycles. The lowest BCUT2D eigenvalue weighted by molar-refractivity contribution is 0.121. The molecule has 0 N–H and O–H groups in total. The lowest BCUT2D eigenvalue weighted by Crippen LogP contribution is -2.31. The van der Waals surface area contributed by atoms with E-state index in [4.69, 9.17) is 16.3 Å². The Bertz CT molecular complexity index is 698. The summed E-state index contributed by atoms with van der Waals surface area (Å²) in [5.74, 6) is 1.31. The topological polar surface area (TPSA) is 9.23 Å². The molecule has 110 valence electrons. The van der Waals surface area contributed by atoms with E-state index in [9.17, 15) is 0 Å². The van der Waals surface area contributed by atoms with Crippen molar-refractivity contribution in [1.29, 1.82) is 0 Å². The molecule has 1 unspecified atom stereocenters. The second-order valence-corrected chi connectivity index (χ2v) is 7.00. The van der Waals surface area contributed by atoms with E-state index < -0.39 is 0 Å². The summed E-state index contributed by atoms with van der Waals surface area (Å²) in [6, 6.07) is 10.4. The van der Waals surface area contributed by atoms with Crippen molar-refractivity contribution in [2.24, 2.45) is 0 Å². The molecule has 21 heavy (non-hydrogen) atoms. The average Bonchev–Trinajstić information content (AvgIpc) is 2.69. The van der Waals surface area contributed by atoms with Gasteiger partial charge in [-0.05, 0) is 69.0 Å². The van der Waals surface area contributed by atoms with Crippen LogP contribution in [0, 0.1) is 20.8 Å². The van der Waals surface area contributed by atoms with Gasteiger partial charge in [0.1, 0.15) is 11.4 Å². The van der Waals surface area contributed by atoms with Gasteiger partial charge < -0.3 is 4.74 Å². The number of hydrogen-bond acceptors (Lipinski definition) is 1. The van der Waals surface area contributed by atoms with Gasteiger partial charge in [-0.1, -0.05) is 29.8 Å². The van der Waals surface area contributed by atoms with Crippen LogP contribution in [0.2, 0.25) is 5.02 Å². The number of fused-ring (bicyclic) bond motifs is 1. The van der Waals surface area contributed by atoms with Crippen molar-refractivity contribution in [3.63, 3.8) is 0 Å². The van der Waals surface area contributed by atoms with E-state index in [1.54, 1.807) is 0 Å². The van der Waals surface area contributed by atoms with Gasteiger partial charge in [-0.2, -0.15) is 0 Å². The predicted octanol–water partition coefficient (Wildman–Crippen LogP) is 5.57. The number of benzene rings is 2. The van der Waals surface area contributed by atoms with E-state index in [2.05, 4.69) is 52.8 Å². The Balaban J connectivity index is 2.23. The Morgan fingerprint density at radius 3 is 2.24 bits per heavy atom. The molecule has 3 rings (SSSR count). The number of aryl methyl sites for hydroxylation is 2. The smallest absolute Gasteiger partial charge is 0.127 e. The van der Waals surface area contributed by atoms with Crippen LogP contribution in [0.5, 0.6) is 5.75 Å². The third-order valence-corrected chi connectivity index (χ3v) is 4.84. The van der Waals surface area contributed by atoms with Crippen molar-refractivity contribution < 1.29 is 4.74 Å². The van der Waals surface area contributed by atoms with E-state index in [0.717, 1.165) is 10.8 Å². The first kappa shape index (κ1) is 14.5. The molecule has 0 fully saturated rings. The molecule has 1 aliphatic rings. The van der Waals surface area contributed by atoms with Gasteiger partial charge in [0.15, 0.2) is 0 Å². The highest BCUT2D eigenvalue weighted by Crippen LogP contribution is 2.51. The maximum Gasteiger partial charge on any atom is 0.127 e. The lowest BCUT2D eigenvalue weighted by atomic mass is 9.79. The summed E-state index contributed by atoms with van der Waals surface area (Å²) < 4.78 is 6.35. The SMILES string of the molecule is Cc1cc(C)c2c(c1C)OC(C)(C)C2c1ccc(Cl)cc1. The van der Waals surface area contributed by atoms with E-state index in [-0.39, 0.29) is 11.5 Å². The molecule has 2 aromatic rings. The molecule has 0 radical (unpaired) electrons. The van der Waals surface area contributed by atoms with Gasteiger partial charge in [0.25, 0.3) is 0 Å². The van der Waals surface area contributed by atoms with Crippen molar-refractivity contribution in [3.8, 4) is 5.75 Å². The third-order valence-electron chi connectivity index (χ3n) is 4.59. The number of halogens is 1. The minimum Gasteiger partial charge on any atom is -0.486 e. The van der Waals surface area contributed by atoms with Crippen molar-refractivity contribution in [3.05, 3.63) is 63.2 Å². The van der Waals surface area contributed by atoms with Crippen molar-refractivity contribution >= 4 is 11.6 Å². The van der Waals surface area contributed by atoms with E-state index in [0.29, 0.717) is 0 Å².